The van der Waals surface area contributed by atoms with Crippen LogP contribution in [0.25, 0.3) is 0 Å². The van der Waals surface area contributed by atoms with E-state index in [4.69, 9.17) is 0 Å². The lowest BCUT2D eigenvalue weighted by Gasteiger charge is -2.36. The van der Waals surface area contributed by atoms with E-state index in [1.54, 1.807) is 18.7 Å². The number of thioether (sulfide) groups is 1. The number of likely N-dealkylation sites (N-methyl/N-ethyl adjacent to an activating group) is 1. The van der Waals surface area contributed by atoms with E-state index < -0.39 is 11.8 Å². The zero-order chi connectivity index (χ0) is 14.0. The van der Waals surface area contributed by atoms with E-state index in [0.29, 0.717) is 6.54 Å². The first kappa shape index (κ1) is 14.8. The van der Waals surface area contributed by atoms with Gasteiger partial charge in [-0.3, -0.25) is 0 Å². The predicted octanol–water partition coefficient (Wildman–Crippen LogP) is 3.86. The van der Waals surface area contributed by atoms with Crippen molar-refractivity contribution in [2.75, 3.05) is 12.3 Å². The molecule has 1 nitrogen and oxygen atoms in total. The molecule has 2 atom stereocenters. The molecule has 0 fully saturated rings. The van der Waals surface area contributed by atoms with E-state index in [0.717, 1.165) is 17.7 Å². The van der Waals surface area contributed by atoms with Crippen LogP contribution >= 0.6 is 11.8 Å². The van der Waals surface area contributed by atoms with Crippen LogP contribution in [-0.4, -0.2) is 24.8 Å². The first-order valence-corrected chi connectivity index (χ1v) is 7.76. The molecule has 19 heavy (non-hydrogen) atoms. The van der Waals surface area contributed by atoms with E-state index >= 15 is 0 Å². The Bertz CT molecular complexity index is 450. The molecular formula is C15H21F2NS. The third-order valence-electron chi connectivity index (χ3n) is 4.18. The molecule has 0 bridgehead atoms. The third kappa shape index (κ3) is 2.65. The van der Waals surface area contributed by atoms with Gasteiger partial charge in [0.25, 0.3) is 0 Å². The summed E-state index contributed by atoms with van der Waals surface area (Å²) in [6.07, 6.45) is -1.33. The molecule has 0 saturated carbocycles. The van der Waals surface area contributed by atoms with Gasteiger partial charge in [-0.15, -0.1) is 11.8 Å². The van der Waals surface area contributed by atoms with Crippen LogP contribution in [0.3, 0.4) is 0 Å². The summed E-state index contributed by atoms with van der Waals surface area (Å²) in [5.41, 5.74) is 0.888. The van der Waals surface area contributed by atoms with Gasteiger partial charge < -0.3 is 5.32 Å². The minimum atomic E-state index is -2.38. The van der Waals surface area contributed by atoms with Crippen LogP contribution in [0.5, 0.6) is 0 Å². The van der Waals surface area contributed by atoms with Crippen molar-refractivity contribution >= 4 is 11.8 Å². The SMILES string of the molecule is CCNC(C)C(C)(c1ccc2c(c1)SCC2)C(F)F. The summed E-state index contributed by atoms with van der Waals surface area (Å²) in [6.45, 7) is 6.15. The van der Waals surface area contributed by atoms with Crippen LogP contribution in [0.15, 0.2) is 23.1 Å². The molecule has 0 saturated heterocycles. The van der Waals surface area contributed by atoms with Crippen molar-refractivity contribution in [1.29, 1.82) is 0 Å². The topological polar surface area (TPSA) is 12.0 Å². The number of aryl methyl sites for hydroxylation is 1. The Labute approximate surface area is 118 Å². The maximum absolute atomic E-state index is 13.6. The van der Waals surface area contributed by atoms with Crippen molar-refractivity contribution in [1.82, 2.24) is 5.32 Å². The molecule has 1 heterocycles. The van der Waals surface area contributed by atoms with E-state index in [-0.39, 0.29) is 6.04 Å². The molecular weight excluding hydrogens is 264 g/mol. The van der Waals surface area contributed by atoms with Crippen LogP contribution in [-0.2, 0) is 11.8 Å². The summed E-state index contributed by atoms with van der Waals surface area (Å²) in [5, 5.41) is 3.15. The second-order valence-electron chi connectivity index (χ2n) is 5.28. The quantitative estimate of drug-likeness (QED) is 0.881. The number of hydrogen-bond acceptors (Lipinski definition) is 2. The van der Waals surface area contributed by atoms with Crippen molar-refractivity contribution in [3.05, 3.63) is 29.3 Å². The van der Waals surface area contributed by atoms with Crippen molar-refractivity contribution in [3.8, 4) is 0 Å². The highest BCUT2D eigenvalue weighted by Gasteiger charge is 2.42. The fraction of sp³-hybridized carbons (Fsp3) is 0.600. The summed E-state index contributed by atoms with van der Waals surface area (Å²) in [7, 11) is 0. The highest BCUT2D eigenvalue weighted by Crippen LogP contribution is 2.39. The number of halogens is 2. The fourth-order valence-corrected chi connectivity index (χ4v) is 3.69. The molecule has 0 aliphatic carbocycles. The van der Waals surface area contributed by atoms with Gasteiger partial charge >= 0.3 is 0 Å². The Morgan fingerprint density at radius 3 is 2.79 bits per heavy atom. The Morgan fingerprint density at radius 1 is 1.42 bits per heavy atom. The first-order chi connectivity index (χ1) is 9.00. The van der Waals surface area contributed by atoms with Gasteiger partial charge in [0.15, 0.2) is 0 Å². The number of rotatable bonds is 5. The molecule has 4 heteroatoms. The van der Waals surface area contributed by atoms with Crippen LogP contribution in [0.1, 0.15) is 31.9 Å². The molecule has 0 amide bonds. The lowest BCUT2D eigenvalue weighted by molar-refractivity contribution is 0.0393. The molecule has 0 aromatic heterocycles. The van der Waals surface area contributed by atoms with Gasteiger partial charge in [-0.25, -0.2) is 8.78 Å². The average Bonchev–Trinajstić information content (AvgIpc) is 2.84. The van der Waals surface area contributed by atoms with E-state index in [1.807, 2.05) is 32.0 Å². The minimum absolute atomic E-state index is 0.262. The van der Waals surface area contributed by atoms with Crippen LogP contribution < -0.4 is 5.32 Å². The number of benzene rings is 1. The number of alkyl halides is 2. The van der Waals surface area contributed by atoms with Crippen LogP contribution in [0.2, 0.25) is 0 Å². The Hall–Kier alpha value is -0.610. The molecule has 1 aromatic rings. The summed E-state index contributed by atoms with van der Waals surface area (Å²) in [6, 6.07) is 5.60. The Balaban J connectivity index is 2.38. The van der Waals surface area contributed by atoms with Crippen LogP contribution in [0, 0.1) is 0 Å². The highest BCUT2D eigenvalue weighted by atomic mass is 32.2. The van der Waals surface area contributed by atoms with Crippen molar-refractivity contribution in [2.45, 2.75) is 50.0 Å². The van der Waals surface area contributed by atoms with Gasteiger partial charge in [0.1, 0.15) is 0 Å². The van der Waals surface area contributed by atoms with E-state index in [2.05, 4.69) is 5.32 Å². The summed E-state index contributed by atoms with van der Waals surface area (Å²) < 4.78 is 27.3. The van der Waals surface area contributed by atoms with Gasteiger partial charge in [-0.1, -0.05) is 19.1 Å². The maximum atomic E-state index is 13.6. The summed E-state index contributed by atoms with van der Waals surface area (Å²) in [4.78, 5) is 1.17. The Morgan fingerprint density at radius 2 is 2.16 bits per heavy atom. The third-order valence-corrected chi connectivity index (χ3v) is 5.28. The predicted molar refractivity (Wildman–Crippen MR) is 77.4 cm³/mol. The number of fused-ring (bicyclic) bond motifs is 1. The van der Waals surface area contributed by atoms with E-state index in [1.165, 1.54) is 10.5 Å². The normalized spacial score (nSPS) is 19.3. The Kier molecular flexibility index (Phi) is 4.51. The average molecular weight is 285 g/mol. The molecule has 1 aromatic carbocycles. The molecule has 1 aliphatic heterocycles. The molecule has 106 valence electrons. The number of nitrogens with one attached hydrogen (secondary N) is 1. The van der Waals surface area contributed by atoms with Crippen molar-refractivity contribution in [3.63, 3.8) is 0 Å². The van der Waals surface area contributed by atoms with Crippen molar-refractivity contribution < 1.29 is 8.78 Å². The molecule has 2 rings (SSSR count). The molecule has 1 aliphatic rings. The monoisotopic (exact) mass is 285 g/mol. The van der Waals surface area contributed by atoms with Crippen LogP contribution in [0.4, 0.5) is 8.78 Å². The zero-order valence-corrected chi connectivity index (χ0v) is 12.5. The second kappa shape index (κ2) is 5.80. The highest BCUT2D eigenvalue weighted by molar-refractivity contribution is 7.99. The van der Waals surface area contributed by atoms with Gasteiger partial charge in [0.05, 0.1) is 5.41 Å². The standard InChI is InChI=1S/C15H21F2NS/c1-4-18-10(2)15(3,14(16)17)12-6-5-11-7-8-19-13(11)9-12/h5-6,9-10,14,18H,4,7-8H2,1-3H3. The molecule has 0 spiro atoms. The zero-order valence-electron chi connectivity index (χ0n) is 11.7. The first-order valence-electron chi connectivity index (χ1n) is 6.77. The van der Waals surface area contributed by atoms with Gasteiger partial charge in [-0.2, -0.15) is 0 Å². The molecule has 2 unspecified atom stereocenters. The van der Waals surface area contributed by atoms with Gasteiger partial charge in [-0.05, 0) is 44.0 Å². The molecule has 1 N–H and O–H groups in total. The molecule has 0 radical (unpaired) electrons. The summed E-state index contributed by atoms with van der Waals surface area (Å²) in [5.74, 6) is 1.06. The van der Waals surface area contributed by atoms with Gasteiger partial charge in [0, 0.05) is 16.7 Å². The van der Waals surface area contributed by atoms with E-state index in [9.17, 15) is 8.78 Å². The fourth-order valence-electron chi connectivity index (χ4n) is 2.58. The van der Waals surface area contributed by atoms with Gasteiger partial charge in [0.2, 0.25) is 6.43 Å². The lowest BCUT2D eigenvalue weighted by Crippen LogP contribution is -2.49. The summed E-state index contributed by atoms with van der Waals surface area (Å²) >= 11 is 1.77. The van der Waals surface area contributed by atoms with Crippen molar-refractivity contribution in [2.24, 2.45) is 0 Å². The minimum Gasteiger partial charge on any atom is -0.313 e. The maximum Gasteiger partial charge on any atom is 0.249 e. The number of hydrogen-bond donors (Lipinski definition) is 1. The largest absolute Gasteiger partial charge is 0.313 e. The lowest BCUT2D eigenvalue weighted by atomic mass is 9.76. The smallest absolute Gasteiger partial charge is 0.249 e. The second-order valence-corrected chi connectivity index (χ2v) is 6.42.